The summed E-state index contributed by atoms with van der Waals surface area (Å²) in [7, 11) is 0. The van der Waals surface area contributed by atoms with E-state index < -0.39 is 0 Å². The number of benzene rings is 1. The van der Waals surface area contributed by atoms with Crippen molar-refractivity contribution in [3.63, 3.8) is 0 Å². The molecule has 1 heterocycles. The first-order valence-electron chi connectivity index (χ1n) is 7.41. The van der Waals surface area contributed by atoms with Crippen molar-refractivity contribution in [2.75, 3.05) is 26.4 Å². The lowest BCUT2D eigenvalue weighted by Crippen LogP contribution is -2.26. The minimum absolute atomic E-state index is 0.00652. The van der Waals surface area contributed by atoms with Crippen LogP contribution in [0, 0.1) is 6.92 Å². The van der Waals surface area contributed by atoms with Gasteiger partial charge in [-0.3, -0.25) is 4.79 Å². The molecule has 1 amide bonds. The van der Waals surface area contributed by atoms with Crippen LogP contribution in [0.15, 0.2) is 30.3 Å². The van der Waals surface area contributed by atoms with Crippen molar-refractivity contribution in [2.24, 2.45) is 0 Å². The van der Waals surface area contributed by atoms with Crippen molar-refractivity contribution in [1.82, 2.24) is 15.1 Å². The first-order chi connectivity index (χ1) is 11.1. The molecule has 0 fully saturated rings. The molecule has 23 heavy (non-hydrogen) atoms. The van der Waals surface area contributed by atoms with Crippen molar-refractivity contribution in [3.8, 4) is 5.69 Å². The van der Waals surface area contributed by atoms with Gasteiger partial charge in [-0.2, -0.15) is 5.10 Å². The number of nitrogens with one attached hydrogen (secondary N) is 1. The number of aryl methyl sites for hydroxylation is 1. The number of carbonyl (C=O) groups excluding carboxylic acids is 1. The molecular weight excluding hydrogens is 318 g/mol. The van der Waals surface area contributed by atoms with Crippen LogP contribution in [-0.4, -0.2) is 47.2 Å². The van der Waals surface area contributed by atoms with E-state index in [-0.39, 0.29) is 12.5 Å². The molecule has 0 aliphatic rings. The monoisotopic (exact) mass is 337 g/mol. The molecule has 0 bridgehead atoms. The number of aliphatic hydroxyl groups excluding tert-OH is 1. The van der Waals surface area contributed by atoms with Crippen LogP contribution in [0.3, 0.4) is 0 Å². The van der Waals surface area contributed by atoms with Gasteiger partial charge in [0, 0.05) is 23.9 Å². The average Bonchev–Trinajstić information content (AvgIpc) is 2.92. The summed E-state index contributed by atoms with van der Waals surface area (Å²) in [6.45, 7) is 3.20. The van der Waals surface area contributed by atoms with Crippen molar-refractivity contribution in [1.29, 1.82) is 0 Å². The zero-order valence-electron chi connectivity index (χ0n) is 13.0. The zero-order chi connectivity index (χ0) is 16.7. The second-order valence-electron chi connectivity index (χ2n) is 5.01. The molecule has 0 aliphatic heterocycles. The number of hydrogen-bond donors (Lipinski definition) is 2. The highest BCUT2D eigenvalue weighted by Crippen LogP contribution is 2.16. The van der Waals surface area contributed by atoms with E-state index >= 15 is 0 Å². The topological polar surface area (TPSA) is 76.4 Å². The molecule has 2 rings (SSSR count). The van der Waals surface area contributed by atoms with Gasteiger partial charge in [0.05, 0.1) is 18.9 Å². The molecule has 6 nitrogen and oxygen atoms in total. The summed E-state index contributed by atoms with van der Waals surface area (Å²) < 4.78 is 6.81. The fraction of sp³-hybridized carbons (Fsp3) is 0.375. The van der Waals surface area contributed by atoms with Crippen LogP contribution in [0.4, 0.5) is 0 Å². The molecule has 1 aromatic heterocycles. The smallest absolute Gasteiger partial charge is 0.271 e. The second-order valence-corrected chi connectivity index (χ2v) is 5.44. The van der Waals surface area contributed by atoms with Crippen molar-refractivity contribution >= 4 is 17.5 Å². The van der Waals surface area contributed by atoms with Crippen molar-refractivity contribution in [3.05, 3.63) is 46.7 Å². The molecule has 0 spiro atoms. The Kier molecular flexibility index (Phi) is 6.58. The number of aromatic nitrogens is 2. The summed E-state index contributed by atoms with van der Waals surface area (Å²) in [5, 5.41) is 16.3. The number of halogens is 1. The average molecular weight is 338 g/mol. The summed E-state index contributed by atoms with van der Waals surface area (Å²) in [5.41, 5.74) is 2.02. The van der Waals surface area contributed by atoms with Crippen molar-refractivity contribution in [2.45, 2.75) is 13.3 Å². The summed E-state index contributed by atoms with van der Waals surface area (Å²) in [6, 6.07) is 9.04. The van der Waals surface area contributed by atoms with Crippen LogP contribution in [0.5, 0.6) is 0 Å². The normalized spacial score (nSPS) is 10.7. The highest BCUT2D eigenvalue weighted by atomic mass is 35.5. The fourth-order valence-electron chi connectivity index (χ4n) is 2.09. The number of amides is 1. The van der Waals surface area contributed by atoms with Gasteiger partial charge >= 0.3 is 0 Å². The first kappa shape index (κ1) is 17.5. The van der Waals surface area contributed by atoms with Gasteiger partial charge in [0.1, 0.15) is 0 Å². The highest BCUT2D eigenvalue weighted by molar-refractivity contribution is 6.30. The number of ether oxygens (including phenoxy) is 1. The first-order valence-corrected chi connectivity index (χ1v) is 7.79. The largest absolute Gasteiger partial charge is 0.394 e. The van der Waals surface area contributed by atoms with Gasteiger partial charge in [0.15, 0.2) is 5.69 Å². The van der Waals surface area contributed by atoms with Crippen LogP contribution in [0.25, 0.3) is 5.69 Å². The lowest BCUT2D eigenvalue weighted by Gasteiger charge is -2.05. The Morgan fingerprint density at radius 2 is 2.22 bits per heavy atom. The minimum atomic E-state index is -0.226. The standard InChI is InChI=1S/C16H20ClN3O3/c1-12-10-15(16(22)18-6-3-8-23-9-7-21)19-20(12)14-5-2-4-13(17)11-14/h2,4-5,10-11,21H,3,6-9H2,1H3,(H,18,22). The lowest BCUT2D eigenvalue weighted by atomic mass is 10.3. The molecule has 2 N–H and O–H groups in total. The Bertz CT molecular complexity index is 658. The number of hydrogen-bond acceptors (Lipinski definition) is 4. The van der Waals surface area contributed by atoms with E-state index in [9.17, 15) is 4.79 Å². The third-order valence-corrected chi connectivity index (χ3v) is 3.39. The summed E-state index contributed by atoms with van der Waals surface area (Å²) in [6.07, 6.45) is 0.680. The second kappa shape index (κ2) is 8.67. The summed E-state index contributed by atoms with van der Waals surface area (Å²) >= 11 is 5.99. The van der Waals surface area contributed by atoms with E-state index in [1.807, 2.05) is 19.1 Å². The van der Waals surface area contributed by atoms with E-state index in [1.54, 1.807) is 22.9 Å². The molecule has 124 valence electrons. The number of aliphatic hydroxyl groups is 1. The van der Waals surface area contributed by atoms with E-state index in [4.69, 9.17) is 21.4 Å². The molecule has 2 aromatic rings. The van der Waals surface area contributed by atoms with Gasteiger partial charge < -0.3 is 15.2 Å². The number of carbonyl (C=O) groups is 1. The van der Waals surface area contributed by atoms with Gasteiger partial charge in [-0.25, -0.2) is 4.68 Å². The maximum atomic E-state index is 12.1. The molecule has 0 atom stereocenters. The van der Waals surface area contributed by atoms with E-state index in [0.717, 1.165) is 11.4 Å². The molecule has 0 saturated heterocycles. The predicted molar refractivity (Wildman–Crippen MR) is 88.2 cm³/mol. The third kappa shape index (κ3) is 5.06. The van der Waals surface area contributed by atoms with E-state index in [0.29, 0.717) is 36.9 Å². The Labute approximate surface area is 140 Å². The van der Waals surface area contributed by atoms with Crippen LogP contribution < -0.4 is 5.32 Å². The van der Waals surface area contributed by atoms with E-state index in [1.165, 1.54) is 0 Å². The zero-order valence-corrected chi connectivity index (χ0v) is 13.7. The quantitative estimate of drug-likeness (QED) is 0.722. The highest BCUT2D eigenvalue weighted by Gasteiger charge is 2.13. The minimum Gasteiger partial charge on any atom is -0.394 e. The Hall–Kier alpha value is -1.89. The van der Waals surface area contributed by atoms with Gasteiger partial charge in [-0.05, 0) is 37.6 Å². The SMILES string of the molecule is Cc1cc(C(=O)NCCCOCCO)nn1-c1cccc(Cl)c1. The maximum absolute atomic E-state index is 12.1. The third-order valence-electron chi connectivity index (χ3n) is 3.16. The van der Waals surface area contributed by atoms with Crippen LogP contribution in [0.2, 0.25) is 5.02 Å². The van der Waals surface area contributed by atoms with E-state index in [2.05, 4.69) is 10.4 Å². The van der Waals surface area contributed by atoms with Crippen LogP contribution >= 0.6 is 11.6 Å². The molecular formula is C16H20ClN3O3. The van der Waals surface area contributed by atoms with Crippen LogP contribution in [-0.2, 0) is 4.74 Å². The van der Waals surface area contributed by atoms with Gasteiger partial charge in [-0.1, -0.05) is 17.7 Å². The Balaban J connectivity index is 1.93. The molecule has 7 heteroatoms. The molecule has 1 aromatic carbocycles. The van der Waals surface area contributed by atoms with Crippen molar-refractivity contribution < 1.29 is 14.6 Å². The lowest BCUT2D eigenvalue weighted by molar-refractivity contribution is 0.0865. The number of rotatable bonds is 8. The van der Waals surface area contributed by atoms with Gasteiger partial charge in [-0.15, -0.1) is 0 Å². The maximum Gasteiger partial charge on any atom is 0.271 e. The predicted octanol–water partition coefficient (Wildman–Crippen LogP) is 1.96. The summed E-state index contributed by atoms with van der Waals surface area (Å²) in [4.78, 5) is 12.1. The molecule has 0 saturated carbocycles. The Morgan fingerprint density at radius 1 is 1.39 bits per heavy atom. The summed E-state index contributed by atoms with van der Waals surface area (Å²) in [5.74, 6) is -0.226. The Morgan fingerprint density at radius 3 is 2.96 bits per heavy atom. The number of nitrogens with zero attached hydrogens (tertiary/aromatic N) is 2. The molecule has 0 aliphatic carbocycles. The molecule has 0 unspecified atom stereocenters. The van der Waals surface area contributed by atoms with Gasteiger partial charge in [0.25, 0.3) is 5.91 Å². The van der Waals surface area contributed by atoms with Gasteiger partial charge in [0.2, 0.25) is 0 Å². The molecule has 0 radical (unpaired) electrons. The fourth-order valence-corrected chi connectivity index (χ4v) is 2.27. The van der Waals surface area contributed by atoms with Crippen LogP contribution in [0.1, 0.15) is 22.6 Å².